The molecule has 0 saturated carbocycles. The summed E-state index contributed by atoms with van der Waals surface area (Å²) in [4.78, 5) is 13.0. The minimum absolute atomic E-state index is 0.0393. The van der Waals surface area contributed by atoms with Crippen LogP contribution in [0.5, 0.6) is 5.75 Å². The first-order valence-electron chi connectivity index (χ1n) is 10.5. The standard InChI is InChI=1S/C25H25Cl2NO4S/c1-4-32-24-12-8-20(27)15-23(24)17-5-11-22(18(14-17)13-16(2)3)25(29)28-33(30,31)21-9-6-19(26)7-10-21/h5-12,14-16H,4,13H2,1-3H3,(H,28,29). The van der Waals surface area contributed by atoms with Crippen LogP contribution in [0.15, 0.2) is 65.6 Å². The topological polar surface area (TPSA) is 72.5 Å². The number of rotatable bonds is 8. The van der Waals surface area contributed by atoms with Crippen molar-refractivity contribution < 1.29 is 17.9 Å². The molecule has 5 nitrogen and oxygen atoms in total. The minimum Gasteiger partial charge on any atom is -0.493 e. The molecule has 3 aromatic rings. The summed E-state index contributed by atoms with van der Waals surface area (Å²) in [6.45, 7) is 6.46. The Hall–Kier alpha value is -2.54. The van der Waals surface area contributed by atoms with Crippen molar-refractivity contribution in [3.63, 3.8) is 0 Å². The van der Waals surface area contributed by atoms with E-state index in [4.69, 9.17) is 27.9 Å². The minimum atomic E-state index is -4.05. The Bertz CT molecular complexity index is 1260. The Labute approximate surface area is 204 Å². The van der Waals surface area contributed by atoms with Gasteiger partial charge in [0.05, 0.1) is 11.5 Å². The van der Waals surface area contributed by atoms with E-state index in [2.05, 4.69) is 4.72 Å². The first-order valence-corrected chi connectivity index (χ1v) is 12.7. The zero-order valence-corrected chi connectivity index (χ0v) is 20.9. The fraction of sp³-hybridized carbons (Fsp3) is 0.240. The molecule has 0 aromatic heterocycles. The highest BCUT2D eigenvalue weighted by Gasteiger charge is 2.22. The highest BCUT2D eigenvalue weighted by atomic mass is 35.5. The zero-order valence-electron chi connectivity index (χ0n) is 18.6. The number of halogens is 2. The maximum absolute atomic E-state index is 13.0. The summed E-state index contributed by atoms with van der Waals surface area (Å²) in [6.07, 6.45) is 0.585. The van der Waals surface area contributed by atoms with Crippen molar-refractivity contribution in [2.45, 2.75) is 32.1 Å². The Morgan fingerprint density at radius 2 is 1.64 bits per heavy atom. The molecule has 1 amide bonds. The van der Waals surface area contributed by atoms with Crippen LogP contribution in [0.25, 0.3) is 11.1 Å². The first kappa shape index (κ1) is 25.1. The van der Waals surface area contributed by atoms with Crippen molar-refractivity contribution in [3.05, 3.63) is 81.8 Å². The molecule has 0 aliphatic carbocycles. The van der Waals surface area contributed by atoms with Crippen molar-refractivity contribution in [2.24, 2.45) is 5.92 Å². The molecule has 0 unspecified atom stereocenters. The monoisotopic (exact) mass is 505 g/mol. The predicted octanol–water partition coefficient (Wildman–Crippen LogP) is 6.38. The number of hydrogen-bond acceptors (Lipinski definition) is 4. The molecule has 0 heterocycles. The van der Waals surface area contributed by atoms with E-state index in [1.165, 1.54) is 24.3 Å². The van der Waals surface area contributed by atoms with Crippen LogP contribution in [0.3, 0.4) is 0 Å². The highest BCUT2D eigenvalue weighted by Crippen LogP contribution is 2.34. The van der Waals surface area contributed by atoms with Gasteiger partial charge in [-0.2, -0.15) is 0 Å². The van der Waals surface area contributed by atoms with Crippen LogP contribution in [-0.4, -0.2) is 20.9 Å². The van der Waals surface area contributed by atoms with Gasteiger partial charge in [-0.3, -0.25) is 4.79 Å². The smallest absolute Gasteiger partial charge is 0.265 e. The molecule has 0 radical (unpaired) electrons. The van der Waals surface area contributed by atoms with Crippen molar-refractivity contribution in [2.75, 3.05) is 6.61 Å². The van der Waals surface area contributed by atoms with Crippen LogP contribution in [0.2, 0.25) is 10.0 Å². The molecule has 0 saturated heterocycles. The highest BCUT2D eigenvalue weighted by molar-refractivity contribution is 7.90. The van der Waals surface area contributed by atoms with E-state index in [0.29, 0.717) is 34.4 Å². The van der Waals surface area contributed by atoms with E-state index in [1.54, 1.807) is 18.2 Å². The molecule has 0 spiro atoms. The van der Waals surface area contributed by atoms with Crippen molar-refractivity contribution in [1.82, 2.24) is 4.72 Å². The predicted molar refractivity (Wildman–Crippen MR) is 133 cm³/mol. The van der Waals surface area contributed by atoms with Crippen molar-refractivity contribution >= 4 is 39.1 Å². The maximum atomic E-state index is 13.0. The Balaban J connectivity index is 2.00. The molecule has 0 fully saturated rings. The van der Waals surface area contributed by atoms with Gasteiger partial charge in [0.1, 0.15) is 5.75 Å². The van der Waals surface area contributed by atoms with Gasteiger partial charge in [-0.25, -0.2) is 13.1 Å². The van der Waals surface area contributed by atoms with Crippen LogP contribution in [0.4, 0.5) is 0 Å². The normalized spacial score (nSPS) is 11.5. The van der Waals surface area contributed by atoms with E-state index in [-0.39, 0.29) is 10.8 Å². The van der Waals surface area contributed by atoms with Gasteiger partial charge in [0.15, 0.2) is 0 Å². The van der Waals surface area contributed by atoms with Crippen LogP contribution in [0, 0.1) is 5.92 Å². The van der Waals surface area contributed by atoms with Crippen LogP contribution >= 0.6 is 23.2 Å². The zero-order chi connectivity index (χ0) is 24.2. The fourth-order valence-corrected chi connectivity index (χ4v) is 4.71. The second-order valence-corrected chi connectivity index (χ2v) is 10.5. The number of carbonyl (C=O) groups excluding carboxylic acids is 1. The summed E-state index contributed by atoms with van der Waals surface area (Å²) >= 11 is 12.1. The van der Waals surface area contributed by atoms with E-state index >= 15 is 0 Å². The van der Waals surface area contributed by atoms with Crippen LogP contribution in [-0.2, 0) is 16.4 Å². The molecule has 0 aliphatic rings. The molecule has 0 bridgehead atoms. The number of nitrogens with one attached hydrogen (secondary N) is 1. The number of benzene rings is 3. The Morgan fingerprint density at radius 3 is 2.27 bits per heavy atom. The molecule has 0 aliphatic heterocycles. The van der Waals surface area contributed by atoms with Crippen molar-refractivity contribution in [1.29, 1.82) is 0 Å². The van der Waals surface area contributed by atoms with Crippen LogP contribution in [0.1, 0.15) is 36.7 Å². The third-order valence-electron chi connectivity index (χ3n) is 4.88. The Morgan fingerprint density at radius 1 is 0.970 bits per heavy atom. The number of amides is 1. The summed E-state index contributed by atoms with van der Waals surface area (Å²) in [5, 5.41) is 0.970. The van der Waals surface area contributed by atoms with Gasteiger partial charge < -0.3 is 4.74 Å². The van der Waals surface area contributed by atoms with E-state index in [9.17, 15) is 13.2 Å². The molecule has 174 valence electrons. The molecular weight excluding hydrogens is 481 g/mol. The van der Waals surface area contributed by atoms with Crippen molar-refractivity contribution in [3.8, 4) is 16.9 Å². The molecule has 8 heteroatoms. The van der Waals surface area contributed by atoms with E-state index in [1.807, 2.05) is 39.0 Å². The van der Waals surface area contributed by atoms with Gasteiger partial charge in [0.25, 0.3) is 15.9 Å². The second-order valence-electron chi connectivity index (χ2n) is 7.93. The average molecular weight is 506 g/mol. The van der Waals surface area contributed by atoms with E-state index < -0.39 is 15.9 Å². The van der Waals surface area contributed by atoms with Gasteiger partial charge in [0, 0.05) is 21.2 Å². The first-order chi connectivity index (χ1) is 15.6. The lowest BCUT2D eigenvalue weighted by Gasteiger charge is -2.16. The maximum Gasteiger partial charge on any atom is 0.265 e. The second kappa shape index (κ2) is 10.6. The summed E-state index contributed by atoms with van der Waals surface area (Å²) in [5.74, 6) is 0.230. The van der Waals surface area contributed by atoms with Gasteiger partial charge in [-0.15, -0.1) is 0 Å². The molecule has 3 aromatic carbocycles. The Kier molecular flexibility index (Phi) is 8.05. The summed E-state index contributed by atoms with van der Waals surface area (Å²) in [5.41, 5.74) is 2.66. The van der Waals surface area contributed by atoms with E-state index in [0.717, 1.165) is 16.7 Å². The van der Waals surface area contributed by atoms with Gasteiger partial charge in [-0.1, -0.05) is 49.2 Å². The largest absolute Gasteiger partial charge is 0.493 e. The number of sulfonamides is 1. The third-order valence-corrected chi connectivity index (χ3v) is 6.72. The quantitative estimate of drug-likeness (QED) is 0.385. The van der Waals surface area contributed by atoms with Gasteiger partial charge >= 0.3 is 0 Å². The summed E-state index contributed by atoms with van der Waals surface area (Å²) in [7, 11) is -4.05. The molecular formula is C25H25Cl2NO4S. The lowest BCUT2D eigenvalue weighted by molar-refractivity contribution is 0.0980. The molecule has 3 rings (SSSR count). The third kappa shape index (κ3) is 6.28. The fourth-order valence-electron chi connectivity index (χ4n) is 3.45. The summed E-state index contributed by atoms with van der Waals surface area (Å²) < 4.78 is 33.3. The van der Waals surface area contributed by atoms with Gasteiger partial charge in [-0.05, 0) is 78.9 Å². The molecule has 33 heavy (non-hydrogen) atoms. The molecule has 1 N–H and O–H groups in total. The lowest BCUT2D eigenvalue weighted by atomic mass is 9.93. The van der Waals surface area contributed by atoms with Gasteiger partial charge in [0.2, 0.25) is 0 Å². The van der Waals surface area contributed by atoms with Crippen LogP contribution < -0.4 is 9.46 Å². The number of carbonyl (C=O) groups is 1. The SMILES string of the molecule is CCOc1ccc(Cl)cc1-c1ccc(C(=O)NS(=O)(=O)c2ccc(Cl)cc2)c(CC(C)C)c1. The number of hydrogen-bond donors (Lipinski definition) is 1. The lowest BCUT2D eigenvalue weighted by Crippen LogP contribution is -2.31. The summed E-state index contributed by atoms with van der Waals surface area (Å²) in [6, 6.07) is 16.3. The number of ether oxygens (including phenoxy) is 1. The average Bonchev–Trinajstić information content (AvgIpc) is 2.74. The molecule has 0 atom stereocenters.